The number of benzene rings is 1. The Labute approximate surface area is 137 Å². The Morgan fingerprint density at radius 1 is 1.10 bits per heavy atom. The number of nitrogens with one attached hydrogen (secondary N) is 1. The molecule has 2 rings (SSSR count). The van der Waals surface area contributed by atoms with Gasteiger partial charge in [-0.25, -0.2) is 0 Å². The molecule has 0 aliphatic carbocycles. The topological polar surface area (TPSA) is 12.0 Å². The fourth-order valence-corrected chi connectivity index (χ4v) is 3.51. The molecule has 1 heterocycles. The summed E-state index contributed by atoms with van der Waals surface area (Å²) < 4.78 is 0. The van der Waals surface area contributed by atoms with Crippen molar-refractivity contribution in [3.8, 4) is 0 Å². The molecule has 0 aliphatic rings. The lowest BCUT2D eigenvalue weighted by molar-refractivity contribution is 0.501. The van der Waals surface area contributed by atoms with Crippen molar-refractivity contribution in [3.05, 3.63) is 57.2 Å². The van der Waals surface area contributed by atoms with Crippen LogP contribution in [0.4, 0.5) is 0 Å². The van der Waals surface area contributed by atoms with E-state index in [1.807, 2.05) is 23.5 Å². The van der Waals surface area contributed by atoms with Crippen LogP contribution in [-0.2, 0) is 6.42 Å². The first-order valence-electron chi connectivity index (χ1n) is 7.64. The predicted molar refractivity (Wildman–Crippen MR) is 94.5 cm³/mol. The molecule has 0 amide bonds. The van der Waals surface area contributed by atoms with Gasteiger partial charge in [-0.15, -0.1) is 11.3 Å². The van der Waals surface area contributed by atoms with E-state index in [1.165, 1.54) is 10.4 Å². The zero-order chi connectivity index (χ0) is 15.1. The summed E-state index contributed by atoms with van der Waals surface area (Å²) in [5.74, 6) is 1.15. The summed E-state index contributed by atoms with van der Waals surface area (Å²) in [6.45, 7) is 6.53. The van der Waals surface area contributed by atoms with Crippen molar-refractivity contribution < 1.29 is 0 Å². The molecule has 1 unspecified atom stereocenters. The molecule has 0 aliphatic heterocycles. The molecule has 0 saturated heterocycles. The zero-order valence-corrected chi connectivity index (χ0v) is 14.4. The highest BCUT2D eigenvalue weighted by molar-refractivity contribution is 7.09. The van der Waals surface area contributed by atoms with Crippen LogP contribution in [0.2, 0.25) is 5.02 Å². The van der Waals surface area contributed by atoms with Gasteiger partial charge in [-0.05, 0) is 54.3 Å². The lowest BCUT2D eigenvalue weighted by Crippen LogP contribution is -2.26. The fraction of sp³-hybridized carbons (Fsp3) is 0.444. The molecule has 21 heavy (non-hydrogen) atoms. The van der Waals surface area contributed by atoms with Crippen molar-refractivity contribution >= 4 is 22.9 Å². The average molecular weight is 322 g/mol. The van der Waals surface area contributed by atoms with E-state index >= 15 is 0 Å². The normalized spacial score (nSPS) is 12.8. The number of hydrogen-bond acceptors (Lipinski definition) is 2. The fourth-order valence-electron chi connectivity index (χ4n) is 2.49. The molecule has 1 aromatic carbocycles. The van der Waals surface area contributed by atoms with Gasteiger partial charge in [0.1, 0.15) is 0 Å². The highest BCUT2D eigenvalue weighted by Crippen LogP contribution is 2.28. The number of halogens is 1. The van der Waals surface area contributed by atoms with Gasteiger partial charge in [0, 0.05) is 16.4 Å². The van der Waals surface area contributed by atoms with Crippen LogP contribution in [0.1, 0.15) is 36.6 Å². The van der Waals surface area contributed by atoms with Crippen molar-refractivity contribution in [3.63, 3.8) is 0 Å². The van der Waals surface area contributed by atoms with Crippen LogP contribution in [0, 0.1) is 5.92 Å². The van der Waals surface area contributed by atoms with Crippen LogP contribution < -0.4 is 5.32 Å². The lowest BCUT2D eigenvalue weighted by atomic mass is 9.93. The highest BCUT2D eigenvalue weighted by atomic mass is 35.5. The summed E-state index contributed by atoms with van der Waals surface area (Å²) >= 11 is 8.24. The highest BCUT2D eigenvalue weighted by Gasteiger charge is 2.15. The minimum Gasteiger partial charge on any atom is -0.316 e. The maximum Gasteiger partial charge on any atom is 0.0441 e. The predicted octanol–water partition coefficient (Wildman–Crippen LogP) is 5.36. The van der Waals surface area contributed by atoms with E-state index in [-0.39, 0.29) is 0 Å². The summed E-state index contributed by atoms with van der Waals surface area (Å²) in [7, 11) is 0. The van der Waals surface area contributed by atoms with E-state index in [0.29, 0.717) is 11.8 Å². The monoisotopic (exact) mass is 321 g/mol. The molecule has 0 saturated carbocycles. The Morgan fingerprint density at radius 2 is 1.90 bits per heavy atom. The first-order valence-corrected chi connectivity index (χ1v) is 8.90. The second-order valence-electron chi connectivity index (χ2n) is 5.89. The van der Waals surface area contributed by atoms with Gasteiger partial charge in [-0.3, -0.25) is 0 Å². The Balaban J connectivity index is 2.01. The summed E-state index contributed by atoms with van der Waals surface area (Å²) in [6, 6.07) is 12.6. The van der Waals surface area contributed by atoms with E-state index in [9.17, 15) is 0 Å². The first-order chi connectivity index (χ1) is 10.2. The summed E-state index contributed by atoms with van der Waals surface area (Å²) in [4.78, 5) is 1.45. The molecule has 0 radical (unpaired) electrons. The molecular weight excluding hydrogens is 298 g/mol. The molecular formula is C18H24ClNS. The quantitative estimate of drug-likeness (QED) is 0.689. The van der Waals surface area contributed by atoms with Crippen LogP contribution in [0.5, 0.6) is 0 Å². The van der Waals surface area contributed by atoms with Gasteiger partial charge in [0.25, 0.3) is 0 Å². The third-order valence-corrected chi connectivity index (χ3v) is 4.89. The molecule has 114 valence electrons. The van der Waals surface area contributed by atoms with Crippen LogP contribution in [-0.4, -0.2) is 13.1 Å². The second kappa shape index (κ2) is 8.57. The zero-order valence-electron chi connectivity index (χ0n) is 12.8. The molecule has 3 heteroatoms. The van der Waals surface area contributed by atoms with E-state index in [1.54, 1.807) is 0 Å². The summed E-state index contributed by atoms with van der Waals surface area (Å²) in [5.41, 5.74) is 1.27. The Bertz CT molecular complexity index is 522. The number of thiophene rings is 1. The maximum absolute atomic E-state index is 6.40. The first kappa shape index (κ1) is 16.5. The third kappa shape index (κ3) is 5.46. The van der Waals surface area contributed by atoms with E-state index in [4.69, 9.17) is 11.6 Å². The molecule has 2 aromatic rings. The molecule has 1 atom stereocenters. The van der Waals surface area contributed by atoms with Crippen LogP contribution in [0.25, 0.3) is 0 Å². The molecule has 0 bridgehead atoms. The van der Waals surface area contributed by atoms with Crippen molar-refractivity contribution in [1.82, 2.24) is 5.32 Å². The Kier molecular flexibility index (Phi) is 6.75. The van der Waals surface area contributed by atoms with Crippen molar-refractivity contribution in [2.75, 3.05) is 13.1 Å². The average Bonchev–Trinajstić information content (AvgIpc) is 2.96. The van der Waals surface area contributed by atoms with Gasteiger partial charge in [-0.1, -0.05) is 49.7 Å². The Morgan fingerprint density at radius 3 is 2.57 bits per heavy atom. The molecule has 0 fully saturated rings. The van der Waals surface area contributed by atoms with Gasteiger partial charge in [0.05, 0.1) is 0 Å². The van der Waals surface area contributed by atoms with Crippen LogP contribution in [0.15, 0.2) is 41.8 Å². The molecule has 1 nitrogen and oxygen atoms in total. The molecule has 1 aromatic heterocycles. The minimum absolute atomic E-state index is 0.472. The van der Waals surface area contributed by atoms with Gasteiger partial charge < -0.3 is 5.32 Å². The standard InChI is InChI=1S/C18H24ClNS/c1-14(2)12-20-13-15(9-10-16-6-5-11-21-16)17-7-3-4-8-18(17)19/h3-8,11,14-15,20H,9-10,12-13H2,1-2H3. The number of aryl methyl sites for hydroxylation is 1. The maximum atomic E-state index is 6.40. The second-order valence-corrected chi connectivity index (χ2v) is 7.33. The number of rotatable bonds is 8. The summed E-state index contributed by atoms with van der Waals surface area (Å²) in [6.07, 6.45) is 2.26. The van der Waals surface area contributed by atoms with E-state index in [2.05, 4.69) is 48.8 Å². The van der Waals surface area contributed by atoms with Crippen LogP contribution in [0.3, 0.4) is 0 Å². The van der Waals surface area contributed by atoms with Crippen LogP contribution >= 0.6 is 22.9 Å². The van der Waals surface area contributed by atoms with Crippen molar-refractivity contribution in [2.45, 2.75) is 32.6 Å². The van der Waals surface area contributed by atoms with Gasteiger partial charge >= 0.3 is 0 Å². The Hall–Kier alpha value is -0.830. The minimum atomic E-state index is 0.472. The van der Waals surface area contributed by atoms with Crippen molar-refractivity contribution in [2.24, 2.45) is 5.92 Å². The van der Waals surface area contributed by atoms with Gasteiger partial charge in [-0.2, -0.15) is 0 Å². The SMILES string of the molecule is CC(C)CNCC(CCc1cccs1)c1ccccc1Cl. The van der Waals surface area contributed by atoms with E-state index in [0.717, 1.165) is 31.0 Å². The molecule has 1 N–H and O–H groups in total. The summed E-state index contributed by atoms with van der Waals surface area (Å²) in [5, 5.41) is 6.62. The molecule has 0 spiro atoms. The largest absolute Gasteiger partial charge is 0.316 e. The van der Waals surface area contributed by atoms with Gasteiger partial charge in [0.2, 0.25) is 0 Å². The number of hydrogen-bond donors (Lipinski definition) is 1. The smallest absolute Gasteiger partial charge is 0.0441 e. The lowest BCUT2D eigenvalue weighted by Gasteiger charge is -2.20. The third-order valence-electron chi connectivity index (χ3n) is 3.61. The van der Waals surface area contributed by atoms with Gasteiger partial charge in [0.15, 0.2) is 0 Å². The van der Waals surface area contributed by atoms with Crippen molar-refractivity contribution in [1.29, 1.82) is 0 Å². The van der Waals surface area contributed by atoms with E-state index < -0.39 is 0 Å².